The Kier molecular flexibility index (Phi) is 4.23. The lowest BCUT2D eigenvalue weighted by atomic mass is 9.81. The van der Waals surface area contributed by atoms with E-state index >= 15 is 0 Å². The maximum absolute atomic E-state index is 14.6. The second-order valence-electron chi connectivity index (χ2n) is 8.81. The molecule has 2 aromatic carbocycles. The van der Waals surface area contributed by atoms with E-state index < -0.39 is 0 Å². The van der Waals surface area contributed by atoms with Gasteiger partial charge in [0, 0.05) is 24.3 Å². The maximum atomic E-state index is 14.6. The highest BCUT2D eigenvalue weighted by atomic mass is 19.1. The molecular weight excluding hydrogens is 403 g/mol. The van der Waals surface area contributed by atoms with Crippen molar-refractivity contribution in [1.82, 2.24) is 14.6 Å². The molecule has 4 aromatic rings. The molecule has 3 N–H and O–H groups in total. The van der Waals surface area contributed by atoms with Crippen LogP contribution in [0.25, 0.3) is 16.8 Å². The molecule has 32 heavy (non-hydrogen) atoms. The van der Waals surface area contributed by atoms with Gasteiger partial charge in [-0.3, -0.25) is 0 Å². The minimum absolute atomic E-state index is 0.0195. The number of benzene rings is 2. The van der Waals surface area contributed by atoms with Gasteiger partial charge in [0.05, 0.1) is 29.2 Å². The summed E-state index contributed by atoms with van der Waals surface area (Å²) in [5, 5.41) is 8.23. The lowest BCUT2D eigenvalue weighted by Gasteiger charge is -2.43. The monoisotopic (exact) mass is 428 g/mol. The summed E-state index contributed by atoms with van der Waals surface area (Å²) in [6, 6.07) is 17.0. The summed E-state index contributed by atoms with van der Waals surface area (Å²) in [7, 11) is 0. The van der Waals surface area contributed by atoms with E-state index in [1.165, 1.54) is 11.6 Å². The van der Waals surface area contributed by atoms with E-state index in [4.69, 9.17) is 10.7 Å². The van der Waals surface area contributed by atoms with E-state index in [2.05, 4.69) is 33.5 Å². The van der Waals surface area contributed by atoms with Crippen molar-refractivity contribution in [2.45, 2.75) is 31.3 Å². The zero-order chi connectivity index (χ0) is 21.9. The number of rotatable bonds is 2. The van der Waals surface area contributed by atoms with Crippen LogP contribution in [0.4, 0.5) is 15.9 Å². The number of nitrogens with two attached hydrogens (primary N) is 1. The molecule has 2 aliphatic rings. The van der Waals surface area contributed by atoms with E-state index in [1.807, 2.05) is 29.6 Å². The zero-order valence-electron chi connectivity index (χ0n) is 17.9. The Bertz CT molecular complexity index is 1320. The fourth-order valence-electron chi connectivity index (χ4n) is 5.35. The number of fused-ring (bicyclic) bond motifs is 2. The highest BCUT2D eigenvalue weighted by molar-refractivity contribution is 5.76. The molecular formula is C25H25FN6. The van der Waals surface area contributed by atoms with Gasteiger partial charge in [-0.2, -0.15) is 5.10 Å². The van der Waals surface area contributed by atoms with Crippen LogP contribution < -0.4 is 16.0 Å². The van der Waals surface area contributed by atoms with Crippen LogP contribution in [0.2, 0.25) is 0 Å². The third-order valence-electron chi connectivity index (χ3n) is 7.06. The Morgan fingerprint density at radius 3 is 2.59 bits per heavy atom. The van der Waals surface area contributed by atoms with E-state index in [0.717, 1.165) is 48.6 Å². The fourth-order valence-corrected chi connectivity index (χ4v) is 5.35. The first-order valence-corrected chi connectivity index (χ1v) is 11.0. The molecule has 2 aromatic heterocycles. The second-order valence-corrected chi connectivity index (χ2v) is 8.81. The SMILES string of the molecule is Cc1nc(N2CCC3(CC2)Nc2ccccc2[C@H]3N)c2ccnn2c1-c1ccccc1F. The lowest BCUT2D eigenvalue weighted by Crippen LogP contribution is -2.52. The number of aryl methyl sites for hydroxylation is 1. The molecule has 0 bridgehead atoms. The number of nitrogens with one attached hydrogen (secondary N) is 1. The Labute approximate surface area is 185 Å². The Balaban J connectivity index is 1.34. The van der Waals surface area contributed by atoms with Gasteiger partial charge in [0.1, 0.15) is 11.3 Å². The Morgan fingerprint density at radius 2 is 1.81 bits per heavy atom. The first-order valence-electron chi connectivity index (χ1n) is 11.0. The van der Waals surface area contributed by atoms with Crippen molar-refractivity contribution in [3.63, 3.8) is 0 Å². The number of anilines is 2. The Morgan fingerprint density at radius 1 is 1.06 bits per heavy atom. The molecule has 0 unspecified atom stereocenters. The van der Waals surface area contributed by atoms with Crippen molar-refractivity contribution in [3.05, 3.63) is 77.9 Å². The molecule has 6 nitrogen and oxygen atoms in total. The van der Waals surface area contributed by atoms with E-state index in [9.17, 15) is 4.39 Å². The molecule has 1 atom stereocenters. The molecule has 0 saturated carbocycles. The molecule has 0 amide bonds. The van der Waals surface area contributed by atoms with Gasteiger partial charge in [0.2, 0.25) is 0 Å². The minimum Gasteiger partial charge on any atom is -0.377 e. The van der Waals surface area contributed by atoms with Crippen molar-refractivity contribution in [2.24, 2.45) is 5.73 Å². The van der Waals surface area contributed by atoms with Crippen LogP contribution in [0.1, 0.15) is 30.1 Å². The molecule has 1 fully saturated rings. The largest absolute Gasteiger partial charge is 0.377 e. The number of halogens is 1. The van der Waals surface area contributed by atoms with Crippen molar-refractivity contribution in [2.75, 3.05) is 23.3 Å². The van der Waals surface area contributed by atoms with Gasteiger partial charge in [-0.1, -0.05) is 30.3 Å². The summed E-state index contributed by atoms with van der Waals surface area (Å²) < 4.78 is 16.4. The highest BCUT2D eigenvalue weighted by Gasteiger charge is 2.46. The van der Waals surface area contributed by atoms with Gasteiger partial charge in [-0.25, -0.2) is 13.9 Å². The summed E-state index contributed by atoms with van der Waals surface area (Å²) >= 11 is 0. The lowest BCUT2D eigenvalue weighted by molar-refractivity contribution is 0.323. The number of aromatic nitrogens is 3. The predicted molar refractivity (Wildman–Crippen MR) is 124 cm³/mol. The van der Waals surface area contributed by atoms with Crippen LogP contribution in [0.5, 0.6) is 0 Å². The minimum atomic E-state index is -0.275. The number of nitrogens with zero attached hydrogens (tertiary/aromatic N) is 4. The van der Waals surface area contributed by atoms with E-state index in [1.54, 1.807) is 18.3 Å². The van der Waals surface area contributed by atoms with Gasteiger partial charge in [-0.15, -0.1) is 0 Å². The molecule has 0 radical (unpaired) electrons. The quantitative estimate of drug-likeness (QED) is 0.498. The molecule has 6 rings (SSSR count). The average molecular weight is 429 g/mol. The molecule has 2 aliphatic heterocycles. The highest BCUT2D eigenvalue weighted by Crippen LogP contribution is 2.45. The number of para-hydroxylation sites is 1. The van der Waals surface area contributed by atoms with Gasteiger partial charge < -0.3 is 16.0 Å². The van der Waals surface area contributed by atoms with Crippen LogP contribution in [-0.4, -0.2) is 33.2 Å². The van der Waals surface area contributed by atoms with Gasteiger partial charge in [0.15, 0.2) is 5.82 Å². The molecule has 1 spiro atoms. The number of hydrogen-bond donors (Lipinski definition) is 2. The normalized spacial score (nSPS) is 19.3. The fraction of sp³-hybridized carbons (Fsp3) is 0.280. The summed E-state index contributed by atoms with van der Waals surface area (Å²) in [6.45, 7) is 3.59. The molecule has 7 heteroatoms. The molecule has 1 saturated heterocycles. The summed E-state index contributed by atoms with van der Waals surface area (Å²) in [5.41, 5.74) is 11.7. The summed E-state index contributed by atoms with van der Waals surface area (Å²) in [6.07, 6.45) is 3.58. The zero-order valence-corrected chi connectivity index (χ0v) is 17.9. The Hall–Kier alpha value is -3.45. The first-order chi connectivity index (χ1) is 15.6. The first kappa shape index (κ1) is 19.3. The molecule has 4 heterocycles. The van der Waals surface area contributed by atoms with Gasteiger partial charge in [-0.05, 0) is 49.6 Å². The van der Waals surface area contributed by atoms with Crippen molar-refractivity contribution in [1.29, 1.82) is 0 Å². The van der Waals surface area contributed by atoms with Gasteiger partial charge in [0.25, 0.3) is 0 Å². The topological polar surface area (TPSA) is 71.5 Å². The third kappa shape index (κ3) is 2.74. The maximum Gasteiger partial charge on any atom is 0.155 e. The van der Waals surface area contributed by atoms with Crippen molar-refractivity contribution in [3.8, 4) is 11.3 Å². The van der Waals surface area contributed by atoms with Crippen LogP contribution >= 0.6 is 0 Å². The summed E-state index contributed by atoms with van der Waals surface area (Å²) in [5.74, 6) is 0.613. The number of piperidine rings is 1. The molecule has 0 aliphatic carbocycles. The van der Waals surface area contributed by atoms with E-state index in [-0.39, 0.29) is 17.4 Å². The summed E-state index contributed by atoms with van der Waals surface area (Å²) in [4.78, 5) is 7.24. The molecule has 162 valence electrons. The average Bonchev–Trinajstić information content (AvgIpc) is 3.39. The van der Waals surface area contributed by atoms with Crippen LogP contribution in [0, 0.1) is 12.7 Å². The van der Waals surface area contributed by atoms with Crippen molar-refractivity contribution >= 4 is 17.0 Å². The third-order valence-corrected chi connectivity index (χ3v) is 7.06. The van der Waals surface area contributed by atoms with E-state index in [0.29, 0.717) is 11.3 Å². The van der Waals surface area contributed by atoms with Crippen LogP contribution in [0.15, 0.2) is 60.8 Å². The number of hydrogen-bond acceptors (Lipinski definition) is 5. The standard InChI is InChI=1S/C25H25FN6/c1-16-22(17-6-2-4-8-19(17)26)32-21(10-13-28-32)24(29-16)31-14-11-25(12-15-31)23(27)18-7-3-5-9-20(18)30-25/h2-10,13,23,30H,11-12,14-15,27H2,1H3/t23-/m1/s1. The van der Waals surface area contributed by atoms with Crippen LogP contribution in [-0.2, 0) is 0 Å². The van der Waals surface area contributed by atoms with Gasteiger partial charge >= 0.3 is 0 Å². The predicted octanol–water partition coefficient (Wildman–Crippen LogP) is 4.31. The van der Waals surface area contributed by atoms with Crippen molar-refractivity contribution < 1.29 is 4.39 Å². The second kappa shape index (κ2) is 7.03. The smallest absolute Gasteiger partial charge is 0.155 e. The van der Waals surface area contributed by atoms with Crippen LogP contribution in [0.3, 0.4) is 0 Å².